The van der Waals surface area contributed by atoms with Gasteiger partial charge in [0.05, 0.1) is 23.8 Å². The summed E-state index contributed by atoms with van der Waals surface area (Å²) < 4.78 is 5.17. The van der Waals surface area contributed by atoms with E-state index in [-0.39, 0.29) is 6.61 Å². The van der Waals surface area contributed by atoms with Crippen LogP contribution in [0.15, 0.2) is 24.3 Å². The summed E-state index contributed by atoms with van der Waals surface area (Å²) in [4.78, 5) is 7.89. The van der Waals surface area contributed by atoms with Crippen LogP contribution >= 0.6 is 11.3 Å². The zero-order valence-electron chi connectivity index (χ0n) is 12.2. The molecule has 0 aliphatic carbocycles. The van der Waals surface area contributed by atoms with Gasteiger partial charge in [0.25, 0.3) is 0 Å². The fraction of sp³-hybridized carbons (Fsp3) is 0.438. The quantitative estimate of drug-likeness (QED) is 0.943. The second kappa shape index (κ2) is 6.56. The zero-order chi connectivity index (χ0) is 14.7. The first-order valence-electron chi connectivity index (χ1n) is 7.22. The minimum Gasteiger partial charge on any atom is -0.391 e. The number of rotatable bonds is 4. The van der Waals surface area contributed by atoms with Crippen molar-refractivity contribution in [2.75, 3.05) is 18.6 Å². The number of aliphatic hydroxyl groups is 1. The van der Waals surface area contributed by atoms with Crippen LogP contribution in [0.3, 0.4) is 0 Å². The Labute approximate surface area is 129 Å². The molecule has 0 atom stereocenters. The van der Waals surface area contributed by atoms with Crippen LogP contribution in [0.4, 0.5) is 5.13 Å². The van der Waals surface area contributed by atoms with Crippen molar-refractivity contribution in [3.8, 4) is 0 Å². The van der Waals surface area contributed by atoms with Crippen LogP contribution in [-0.2, 0) is 30.9 Å². The summed E-state index contributed by atoms with van der Waals surface area (Å²) in [6, 6.07) is 8.62. The van der Waals surface area contributed by atoms with Gasteiger partial charge in [-0.2, -0.15) is 0 Å². The lowest BCUT2D eigenvalue weighted by Crippen LogP contribution is -2.22. The van der Waals surface area contributed by atoms with Crippen molar-refractivity contribution in [2.24, 2.45) is 0 Å². The van der Waals surface area contributed by atoms with E-state index in [4.69, 9.17) is 4.74 Å². The molecule has 3 rings (SSSR count). The predicted molar refractivity (Wildman–Crippen MR) is 84.6 cm³/mol. The lowest BCUT2D eigenvalue weighted by molar-refractivity contribution is 0.179. The smallest absolute Gasteiger partial charge is 0.186 e. The van der Waals surface area contributed by atoms with E-state index in [0.717, 1.165) is 41.6 Å². The summed E-state index contributed by atoms with van der Waals surface area (Å²) >= 11 is 1.57. The number of aliphatic hydroxyl groups excluding tert-OH is 1. The van der Waals surface area contributed by atoms with E-state index in [1.54, 1.807) is 18.4 Å². The zero-order valence-corrected chi connectivity index (χ0v) is 13.0. The average molecular weight is 304 g/mol. The molecule has 5 heteroatoms. The Morgan fingerprint density at radius 3 is 2.90 bits per heavy atom. The normalized spacial score (nSPS) is 14.9. The highest BCUT2D eigenvalue weighted by Gasteiger charge is 2.19. The van der Waals surface area contributed by atoms with E-state index < -0.39 is 0 Å². The second-order valence-electron chi connectivity index (χ2n) is 5.25. The highest BCUT2D eigenvalue weighted by Crippen LogP contribution is 2.30. The Balaban J connectivity index is 1.87. The van der Waals surface area contributed by atoms with E-state index in [1.165, 1.54) is 11.1 Å². The third-order valence-electron chi connectivity index (χ3n) is 3.82. The summed E-state index contributed by atoms with van der Waals surface area (Å²) in [5.41, 5.74) is 3.68. The number of benzene rings is 1. The molecular formula is C16H20N2O2S. The SMILES string of the molecule is COCc1nc(N2CCCc3ccccc3C2)sc1CO. The van der Waals surface area contributed by atoms with Gasteiger partial charge < -0.3 is 14.7 Å². The Kier molecular flexibility index (Phi) is 4.53. The van der Waals surface area contributed by atoms with Gasteiger partial charge in [0.2, 0.25) is 0 Å². The van der Waals surface area contributed by atoms with Gasteiger partial charge in [-0.15, -0.1) is 0 Å². The standard InChI is InChI=1S/C16H20N2O2S/c1-20-11-14-15(10-19)21-16(17-14)18-8-4-7-12-5-2-3-6-13(12)9-18/h2-3,5-6,19H,4,7-11H2,1H3. The van der Waals surface area contributed by atoms with Crippen LogP contribution in [0.25, 0.3) is 0 Å². The Morgan fingerprint density at radius 1 is 1.33 bits per heavy atom. The van der Waals surface area contributed by atoms with Gasteiger partial charge in [-0.1, -0.05) is 35.6 Å². The molecule has 2 heterocycles. The third kappa shape index (κ3) is 3.10. The van der Waals surface area contributed by atoms with Gasteiger partial charge in [0.1, 0.15) is 0 Å². The van der Waals surface area contributed by atoms with Gasteiger partial charge >= 0.3 is 0 Å². The number of hydrogen-bond acceptors (Lipinski definition) is 5. The maximum atomic E-state index is 9.47. The monoisotopic (exact) mass is 304 g/mol. The molecule has 21 heavy (non-hydrogen) atoms. The molecular weight excluding hydrogens is 284 g/mol. The van der Waals surface area contributed by atoms with E-state index in [0.29, 0.717) is 6.61 Å². The van der Waals surface area contributed by atoms with E-state index in [2.05, 4.69) is 34.1 Å². The van der Waals surface area contributed by atoms with Crippen LogP contribution in [0, 0.1) is 0 Å². The number of aromatic nitrogens is 1. The molecule has 0 amide bonds. The maximum absolute atomic E-state index is 9.47. The van der Waals surface area contributed by atoms with Crippen LogP contribution in [0.1, 0.15) is 28.1 Å². The minimum absolute atomic E-state index is 0.0286. The van der Waals surface area contributed by atoms with Crippen molar-refractivity contribution in [3.05, 3.63) is 46.0 Å². The number of methoxy groups -OCH3 is 1. The largest absolute Gasteiger partial charge is 0.391 e. The highest BCUT2D eigenvalue weighted by atomic mass is 32.1. The van der Waals surface area contributed by atoms with Crippen molar-refractivity contribution in [1.82, 2.24) is 4.98 Å². The van der Waals surface area contributed by atoms with Crippen molar-refractivity contribution < 1.29 is 9.84 Å². The fourth-order valence-corrected chi connectivity index (χ4v) is 3.69. The molecule has 0 unspecified atom stereocenters. The molecule has 4 nitrogen and oxygen atoms in total. The van der Waals surface area contributed by atoms with E-state index in [9.17, 15) is 5.11 Å². The molecule has 1 aliphatic heterocycles. The summed E-state index contributed by atoms with van der Waals surface area (Å²) in [5.74, 6) is 0. The molecule has 1 N–H and O–H groups in total. The molecule has 1 aromatic carbocycles. The van der Waals surface area contributed by atoms with Gasteiger partial charge in [-0.05, 0) is 24.0 Å². The van der Waals surface area contributed by atoms with Crippen molar-refractivity contribution >= 4 is 16.5 Å². The molecule has 1 aliphatic rings. The molecule has 0 radical (unpaired) electrons. The fourth-order valence-electron chi connectivity index (χ4n) is 2.74. The predicted octanol–water partition coefficient (Wildman–Crippen LogP) is 2.73. The molecule has 2 aromatic rings. The minimum atomic E-state index is 0.0286. The van der Waals surface area contributed by atoms with Crippen LogP contribution in [0.2, 0.25) is 0 Å². The topological polar surface area (TPSA) is 45.6 Å². The van der Waals surface area contributed by atoms with E-state index >= 15 is 0 Å². The number of thiazole rings is 1. The maximum Gasteiger partial charge on any atom is 0.186 e. The lowest BCUT2D eigenvalue weighted by Gasteiger charge is -2.19. The van der Waals surface area contributed by atoms with E-state index in [1.807, 2.05) is 0 Å². The average Bonchev–Trinajstić information content (AvgIpc) is 2.78. The Morgan fingerprint density at radius 2 is 2.14 bits per heavy atom. The van der Waals surface area contributed by atoms with Gasteiger partial charge in [-0.3, -0.25) is 0 Å². The first-order valence-corrected chi connectivity index (χ1v) is 8.03. The number of hydrogen-bond donors (Lipinski definition) is 1. The summed E-state index contributed by atoms with van der Waals surface area (Å²) in [7, 11) is 1.66. The molecule has 1 aromatic heterocycles. The molecule has 0 saturated heterocycles. The van der Waals surface area contributed by atoms with Gasteiger partial charge in [0, 0.05) is 20.2 Å². The lowest BCUT2D eigenvalue weighted by atomic mass is 10.0. The first kappa shape index (κ1) is 14.5. The Hall–Kier alpha value is -1.43. The molecule has 0 bridgehead atoms. The first-order chi connectivity index (χ1) is 10.3. The second-order valence-corrected chi connectivity index (χ2v) is 6.31. The molecule has 112 valence electrons. The number of ether oxygens (including phenoxy) is 1. The molecule has 0 fully saturated rings. The number of anilines is 1. The summed E-state index contributed by atoms with van der Waals surface area (Å²) in [6.07, 6.45) is 2.25. The molecule has 0 spiro atoms. The number of nitrogens with zero attached hydrogens (tertiary/aromatic N) is 2. The van der Waals surface area contributed by atoms with Crippen LogP contribution in [-0.4, -0.2) is 23.7 Å². The third-order valence-corrected chi connectivity index (χ3v) is 4.96. The highest BCUT2D eigenvalue weighted by molar-refractivity contribution is 7.15. The molecule has 0 saturated carbocycles. The van der Waals surface area contributed by atoms with Crippen molar-refractivity contribution in [2.45, 2.75) is 32.6 Å². The Bertz CT molecular complexity index is 612. The van der Waals surface area contributed by atoms with Crippen molar-refractivity contribution in [3.63, 3.8) is 0 Å². The number of fused-ring (bicyclic) bond motifs is 1. The van der Waals surface area contributed by atoms with Crippen LogP contribution < -0.4 is 4.90 Å². The summed E-state index contributed by atoms with van der Waals surface area (Å²) in [6.45, 7) is 2.37. The number of aryl methyl sites for hydroxylation is 1. The van der Waals surface area contributed by atoms with Crippen LogP contribution in [0.5, 0.6) is 0 Å². The van der Waals surface area contributed by atoms with Gasteiger partial charge in [0.15, 0.2) is 5.13 Å². The van der Waals surface area contributed by atoms with Gasteiger partial charge in [-0.25, -0.2) is 4.98 Å². The summed E-state index contributed by atoms with van der Waals surface area (Å²) in [5, 5.41) is 10.5. The van der Waals surface area contributed by atoms with Crippen molar-refractivity contribution in [1.29, 1.82) is 0 Å².